The number of hydrogen-bond donors (Lipinski definition) is 2. The molecule has 2 atom stereocenters. The second kappa shape index (κ2) is 18.4. The van der Waals surface area contributed by atoms with Crippen LogP contribution in [-0.2, 0) is 62.1 Å². The normalized spacial score (nSPS) is 13.8. The van der Waals surface area contributed by atoms with Gasteiger partial charge in [0.25, 0.3) is 0 Å². The van der Waals surface area contributed by atoms with Gasteiger partial charge in [0, 0.05) is 0 Å². The van der Waals surface area contributed by atoms with Gasteiger partial charge in [0.15, 0.2) is 0 Å². The maximum atomic E-state index is 11.5. The molecule has 0 radical (unpaired) electrons. The van der Waals surface area contributed by atoms with Crippen molar-refractivity contribution in [1.29, 1.82) is 0 Å². The molecule has 0 aromatic heterocycles. The molecule has 0 fully saturated rings. The summed E-state index contributed by atoms with van der Waals surface area (Å²) in [6.45, 7) is 29.4. The Kier molecular flexibility index (Phi) is 18.2. The van der Waals surface area contributed by atoms with Crippen molar-refractivity contribution < 1.29 is 37.4 Å². The van der Waals surface area contributed by atoms with Crippen molar-refractivity contribution in [2.75, 3.05) is 13.2 Å². The first kappa shape index (κ1) is 44.6. The van der Waals surface area contributed by atoms with E-state index in [-0.39, 0.29) is 72.6 Å². The van der Waals surface area contributed by atoms with Crippen LogP contribution in [0.3, 0.4) is 0 Å². The van der Waals surface area contributed by atoms with Gasteiger partial charge in [0.2, 0.25) is 0 Å². The van der Waals surface area contributed by atoms with E-state index in [4.69, 9.17) is 18.1 Å². The predicted molar refractivity (Wildman–Crippen MR) is 190 cm³/mol. The summed E-state index contributed by atoms with van der Waals surface area (Å²) < 4.78 is 43.6. The Balaban J connectivity index is 0.000000842. The summed E-state index contributed by atoms with van der Waals surface area (Å²) in [6.07, 6.45) is 0. The molecule has 2 aromatic carbocycles. The average molecular weight is 699 g/mol. The van der Waals surface area contributed by atoms with Crippen LogP contribution < -0.4 is 0 Å². The summed E-state index contributed by atoms with van der Waals surface area (Å²) in [5, 5.41) is 21.3. The first-order valence-corrected chi connectivity index (χ1v) is 17.7. The van der Waals surface area contributed by atoms with Crippen LogP contribution in [0.4, 0.5) is 0 Å². The van der Waals surface area contributed by atoms with Crippen molar-refractivity contribution in [2.45, 2.75) is 132 Å². The molecule has 11 heteroatoms. The average Bonchev–Trinajstić information content (AvgIpc) is 2.85. The Morgan fingerprint density at radius 1 is 0.511 bits per heavy atom. The van der Waals surface area contributed by atoms with Crippen LogP contribution in [0.1, 0.15) is 130 Å². The quantitative estimate of drug-likeness (QED) is 0.187. The minimum atomic E-state index is -2.46. The van der Waals surface area contributed by atoms with Crippen molar-refractivity contribution >= 4 is 54.2 Å². The van der Waals surface area contributed by atoms with Crippen molar-refractivity contribution in [3.63, 3.8) is 0 Å². The number of benzene rings is 2. The van der Waals surface area contributed by atoms with Gasteiger partial charge in [-0.1, -0.05) is 83.1 Å². The van der Waals surface area contributed by atoms with E-state index in [1.807, 2.05) is 24.3 Å². The van der Waals surface area contributed by atoms with Gasteiger partial charge in [0.05, 0.1) is 26.4 Å². The molecule has 2 N–H and O–H groups in total. The predicted octanol–water partition coefficient (Wildman–Crippen LogP) is 8.94. The third kappa shape index (κ3) is 14.7. The van der Waals surface area contributed by atoms with Gasteiger partial charge in [0.1, 0.15) is 11.5 Å². The molecule has 0 saturated carbocycles. The number of phenolic OH excluding ortho intramolecular Hbond substituents is 2. The van der Waals surface area contributed by atoms with E-state index in [2.05, 4.69) is 83.1 Å². The fraction of sp³-hybridized carbons (Fsp3) is 0.647. The molecule has 256 valence electrons. The summed E-state index contributed by atoms with van der Waals surface area (Å²) in [4.78, 5) is 0. The van der Waals surface area contributed by atoms with Crippen LogP contribution >= 0.6 is 16.5 Å². The van der Waals surface area contributed by atoms with E-state index < -0.39 is 16.5 Å². The van der Waals surface area contributed by atoms with E-state index in [1.54, 1.807) is 13.8 Å². The first-order chi connectivity index (χ1) is 19.9. The first-order valence-electron chi connectivity index (χ1n) is 15.3. The van der Waals surface area contributed by atoms with Crippen molar-refractivity contribution in [1.82, 2.24) is 0 Å². The number of rotatable bonds is 10. The molecule has 0 bridgehead atoms. The Morgan fingerprint density at radius 2 is 0.733 bits per heavy atom. The fourth-order valence-corrected chi connectivity index (χ4v) is 5.65. The van der Waals surface area contributed by atoms with Gasteiger partial charge in [-0.15, -0.1) is 0 Å². The molecular weight excluding hydrogens is 638 g/mol. The Labute approximate surface area is 303 Å². The summed E-state index contributed by atoms with van der Waals surface area (Å²) in [5.74, 6) is 0.669. The summed E-state index contributed by atoms with van der Waals surface area (Å²) in [7, 11) is -4.91. The molecular formula is C34H60CaO8P2. The Hall–Kier alpha value is -0.400. The van der Waals surface area contributed by atoms with Crippen molar-refractivity contribution in [3.8, 4) is 11.5 Å². The summed E-state index contributed by atoms with van der Waals surface area (Å²) >= 11 is 0. The molecule has 2 unspecified atom stereocenters. The van der Waals surface area contributed by atoms with E-state index in [0.29, 0.717) is 24.7 Å². The van der Waals surface area contributed by atoms with Gasteiger partial charge in [-0.2, -0.15) is 0 Å². The Morgan fingerprint density at radius 3 is 0.911 bits per heavy atom. The summed E-state index contributed by atoms with van der Waals surface area (Å²) in [5.41, 5.74) is 4.51. The SMILES string of the molecule is CCO[PH](=O)OCc1cc(C(C)(C)C)c(O)c(C(C)(C)C)c1.CCO[PH](=O)OCc1cc(C(C)(C)C)c(O)c(C(C)(C)C)c1.[CaH2]. The van der Waals surface area contributed by atoms with Crippen LogP contribution in [0.25, 0.3) is 0 Å². The second-order valence-corrected chi connectivity index (χ2v) is 17.2. The topological polar surface area (TPSA) is 112 Å². The third-order valence-electron chi connectivity index (χ3n) is 6.81. The molecule has 0 aliphatic rings. The zero-order chi connectivity index (χ0) is 34.3. The van der Waals surface area contributed by atoms with Gasteiger partial charge in [-0.05, 0) is 93.2 Å². The van der Waals surface area contributed by atoms with Gasteiger partial charge < -0.3 is 28.3 Å². The number of aromatic hydroxyl groups is 2. The Bertz CT molecular complexity index is 1110. The molecule has 0 saturated heterocycles. The minimum absolute atomic E-state index is 0. The van der Waals surface area contributed by atoms with E-state index in [0.717, 1.165) is 33.4 Å². The third-order valence-corrected chi connectivity index (χ3v) is 8.62. The van der Waals surface area contributed by atoms with Crippen molar-refractivity contribution in [2.24, 2.45) is 0 Å². The zero-order valence-electron chi connectivity index (χ0n) is 29.5. The van der Waals surface area contributed by atoms with Crippen LogP contribution in [-0.4, -0.2) is 61.2 Å². The van der Waals surface area contributed by atoms with Gasteiger partial charge in [-0.25, -0.2) is 0 Å². The molecule has 45 heavy (non-hydrogen) atoms. The maximum absolute atomic E-state index is 11.5. The standard InChI is InChI=1S/2C17H29O4P.Ca.2H/c2*1-8-20-22(19)21-11-12-9-13(16(2,3)4)15(18)14(10-12)17(5,6)7;;;/h2*9-10,18,22H,8,11H2,1-7H3;;;. The van der Waals surface area contributed by atoms with Crippen LogP contribution in [0, 0.1) is 0 Å². The fourth-order valence-electron chi connectivity index (χ4n) is 4.45. The molecule has 0 aliphatic heterocycles. The molecule has 0 aliphatic carbocycles. The van der Waals surface area contributed by atoms with Crippen molar-refractivity contribution in [3.05, 3.63) is 57.6 Å². The van der Waals surface area contributed by atoms with E-state index in [1.165, 1.54) is 0 Å². The molecule has 2 aromatic rings. The number of phenols is 2. The molecule has 0 spiro atoms. The van der Waals surface area contributed by atoms with Crippen LogP contribution in [0.5, 0.6) is 11.5 Å². The molecule has 0 amide bonds. The van der Waals surface area contributed by atoms with Crippen LogP contribution in [0.2, 0.25) is 0 Å². The van der Waals surface area contributed by atoms with Crippen LogP contribution in [0.15, 0.2) is 24.3 Å². The zero-order valence-corrected chi connectivity index (χ0v) is 31.5. The van der Waals surface area contributed by atoms with E-state index in [9.17, 15) is 19.3 Å². The monoisotopic (exact) mass is 698 g/mol. The van der Waals surface area contributed by atoms with Gasteiger partial charge >= 0.3 is 54.2 Å². The van der Waals surface area contributed by atoms with E-state index >= 15 is 0 Å². The summed E-state index contributed by atoms with van der Waals surface area (Å²) in [6, 6.07) is 7.69. The molecule has 0 heterocycles. The molecule has 8 nitrogen and oxygen atoms in total. The number of hydrogen-bond acceptors (Lipinski definition) is 8. The second-order valence-electron chi connectivity index (χ2n) is 15.0. The molecule has 2 rings (SSSR count). The van der Waals surface area contributed by atoms with Gasteiger partial charge in [-0.3, -0.25) is 9.13 Å².